The molecule has 1 aliphatic carbocycles. The molecule has 0 saturated heterocycles. The fraction of sp³-hybridized carbons (Fsp3) is 0.474. The quantitative estimate of drug-likeness (QED) is 0.837. The van der Waals surface area contributed by atoms with Crippen LogP contribution in [0.4, 0.5) is 5.69 Å². The Morgan fingerprint density at radius 3 is 2.88 bits per heavy atom. The Bertz CT molecular complexity index is 702. The molecule has 0 bridgehead atoms. The van der Waals surface area contributed by atoms with Crippen molar-refractivity contribution in [2.24, 2.45) is 5.92 Å². The smallest absolute Gasteiger partial charge is 0.227 e. The zero-order valence-corrected chi connectivity index (χ0v) is 14.4. The van der Waals surface area contributed by atoms with Gasteiger partial charge in [-0.1, -0.05) is 38.3 Å². The van der Waals surface area contributed by atoms with Gasteiger partial charge in [0.05, 0.1) is 18.5 Å². The molecule has 1 fully saturated rings. The van der Waals surface area contributed by atoms with Crippen molar-refractivity contribution < 1.29 is 9.53 Å². The van der Waals surface area contributed by atoms with Crippen molar-refractivity contribution in [3.63, 3.8) is 0 Å². The molecule has 2 aromatic rings. The van der Waals surface area contributed by atoms with E-state index in [2.05, 4.69) is 22.4 Å². The first-order valence-corrected chi connectivity index (χ1v) is 8.75. The second kappa shape index (κ2) is 7.51. The van der Waals surface area contributed by atoms with Gasteiger partial charge in [0, 0.05) is 11.5 Å². The third-order valence-electron chi connectivity index (χ3n) is 4.66. The van der Waals surface area contributed by atoms with E-state index in [1.165, 1.54) is 0 Å². The van der Waals surface area contributed by atoms with Crippen LogP contribution in [0.2, 0.25) is 0 Å². The van der Waals surface area contributed by atoms with E-state index in [1.54, 1.807) is 7.11 Å². The minimum atomic E-state index is 0.121. The molecule has 1 amide bonds. The SMILES string of the molecule is CCCc1[nH]nc(-c2cccc(OC)c2)c1NC(=O)C1CCCC1. The van der Waals surface area contributed by atoms with Gasteiger partial charge in [-0.3, -0.25) is 9.89 Å². The molecule has 1 aromatic heterocycles. The van der Waals surface area contributed by atoms with Gasteiger partial charge in [-0.2, -0.15) is 5.10 Å². The maximum atomic E-state index is 12.6. The highest BCUT2D eigenvalue weighted by atomic mass is 16.5. The fourth-order valence-electron chi connectivity index (χ4n) is 3.34. The number of benzene rings is 1. The number of hydrogen-bond acceptors (Lipinski definition) is 3. The van der Waals surface area contributed by atoms with E-state index in [4.69, 9.17) is 4.74 Å². The van der Waals surface area contributed by atoms with Gasteiger partial charge in [-0.25, -0.2) is 0 Å². The monoisotopic (exact) mass is 327 g/mol. The lowest BCUT2D eigenvalue weighted by atomic mass is 10.1. The first kappa shape index (κ1) is 16.6. The molecule has 3 rings (SSSR count). The molecule has 0 radical (unpaired) electrons. The highest BCUT2D eigenvalue weighted by Crippen LogP contribution is 2.33. The molecule has 0 aliphatic heterocycles. The normalized spacial score (nSPS) is 14.8. The summed E-state index contributed by atoms with van der Waals surface area (Å²) in [6.45, 7) is 2.12. The highest BCUT2D eigenvalue weighted by Gasteiger charge is 2.25. The van der Waals surface area contributed by atoms with Gasteiger partial charge in [0.25, 0.3) is 0 Å². The second-order valence-corrected chi connectivity index (χ2v) is 6.38. The average Bonchev–Trinajstić information content (AvgIpc) is 3.26. The summed E-state index contributed by atoms with van der Waals surface area (Å²) in [6.07, 6.45) is 6.12. The third-order valence-corrected chi connectivity index (χ3v) is 4.66. The summed E-state index contributed by atoms with van der Waals surface area (Å²) in [5.41, 5.74) is 3.53. The number of aryl methyl sites for hydroxylation is 1. The number of ether oxygens (including phenoxy) is 1. The number of carbonyl (C=O) groups excluding carboxylic acids is 1. The number of nitrogens with zero attached hydrogens (tertiary/aromatic N) is 1. The molecule has 5 nitrogen and oxygen atoms in total. The highest BCUT2D eigenvalue weighted by molar-refractivity contribution is 5.97. The van der Waals surface area contributed by atoms with Crippen LogP contribution in [0.15, 0.2) is 24.3 Å². The number of hydrogen-bond donors (Lipinski definition) is 2. The van der Waals surface area contributed by atoms with E-state index in [0.29, 0.717) is 0 Å². The molecular weight excluding hydrogens is 302 g/mol. The summed E-state index contributed by atoms with van der Waals surface area (Å²) < 4.78 is 5.31. The van der Waals surface area contributed by atoms with Crippen molar-refractivity contribution in [1.29, 1.82) is 0 Å². The van der Waals surface area contributed by atoms with Gasteiger partial charge in [-0.05, 0) is 31.4 Å². The number of aromatic amines is 1. The average molecular weight is 327 g/mol. The number of methoxy groups -OCH3 is 1. The van der Waals surface area contributed by atoms with Crippen molar-refractivity contribution in [3.8, 4) is 17.0 Å². The molecule has 1 saturated carbocycles. The maximum Gasteiger partial charge on any atom is 0.227 e. The number of aromatic nitrogens is 2. The molecule has 5 heteroatoms. The number of anilines is 1. The lowest BCUT2D eigenvalue weighted by molar-refractivity contribution is -0.119. The Morgan fingerprint density at radius 1 is 1.38 bits per heavy atom. The predicted octanol–water partition coefficient (Wildman–Crippen LogP) is 4.17. The van der Waals surface area contributed by atoms with Crippen LogP contribution in [-0.4, -0.2) is 23.2 Å². The molecule has 0 spiro atoms. The first-order valence-electron chi connectivity index (χ1n) is 8.75. The van der Waals surface area contributed by atoms with Gasteiger partial charge in [0.1, 0.15) is 11.4 Å². The number of H-pyrrole nitrogens is 1. The fourth-order valence-corrected chi connectivity index (χ4v) is 3.34. The van der Waals surface area contributed by atoms with Crippen molar-refractivity contribution in [2.75, 3.05) is 12.4 Å². The zero-order chi connectivity index (χ0) is 16.9. The molecule has 1 aromatic carbocycles. The van der Waals surface area contributed by atoms with E-state index < -0.39 is 0 Å². The Labute approximate surface area is 142 Å². The second-order valence-electron chi connectivity index (χ2n) is 6.38. The summed E-state index contributed by atoms with van der Waals surface area (Å²) in [6, 6.07) is 7.77. The molecule has 0 unspecified atom stereocenters. The first-order chi connectivity index (χ1) is 11.7. The lowest BCUT2D eigenvalue weighted by Crippen LogP contribution is -2.21. The molecule has 0 atom stereocenters. The Morgan fingerprint density at radius 2 is 2.17 bits per heavy atom. The Kier molecular flexibility index (Phi) is 5.18. The van der Waals surface area contributed by atoms with Gasteiger partial charge in [-0.15, -0.1) is 0 Å². The maximum absolute atomic E-state index is 12.6. The van der Waals surface area contributed by atoms with E-state index in [0.717, 1.165) is 66.9 Å². The summed E-state index contributed by atoms with van der Waals surface area (Å²) in [4.78, 5) is 12.6. The lowest BCUT2D eigenvalue weighted by Gasteiger charge is -2.12. The minimum Gasteiger partial charge on any atom is -0.497 e. The third kappa shape index (κ3) is 3.45. The molecule has 1 heterocycles. The van der Waals surface area contributed by atoms with Crippen molar-refractivity contribution in [2.45, 2.75) is 45.4 Å². The van der Waals surface area contributed by atoms with Crippen molar-refractivity contribution in [3.05, 3.63) is 30.0 Å². The topological polar surface area (TPSA) is 67.0 Å². The van der Waals surface area contributed by atoms with E-state index >= 15 is 0 Å². The van der Waals surface area contributed by atoms with Crippen LogP contribution in [0.25, 0.3) is 11.3 Å². The summed E-state index contributed by atoms with van der Waals surface area (Å²) in [5.74, 6) is 1.03. The summed E-state index contributed by atoms with van der Waals surface area (Å²) in [5, 5.41) is 10.7. The molecule has 128 valence electrons. The van der Waals surface area contributed by atoms with Crippen LogP contribution < -0.4 is 10.1 Å². The molecule has 1 aliphatic rings. The van der Waals surface area contributed by atoms with Crippen LogP contribution in [0, 0.1) is 5.92 Å². The van der Waals surface area contributed by atoms with Crippen molar-refractivity contribution >= 4 is 11.6 Å². The van der Waals surface area contributed by atoms with Crippen LogP contribution in [0.1, 0.15) is 44.7 Å². The van der Waals surface area contributed by atoms with Gasteiger partial charge >= 0.3 is 0 Å². The number of carbonyl (C=O) groups is 1. The summed E-state index contributed by atoms with van der Waals surface area (Å²) >= 11 is 0. The van der Waals surface area contributed by atoms with E-state index in [-0.39, 0.29) is 11.8 Å². The van der Waals surface area contributed by atoms with Crippen LogP contribution in [-0.2, 0) is 11.2 Å². The summed E-state index contributed by atoms with van der Waals surface area (Å²) in [7, 11) is 1.65. The molecule has 24 heavy (non-hydrogen) atoms. The number of nitrogens with one attached hydrogen (secondary N) is 2. The minimum absolute atomic E-state index is 0.121. The van der Waals surface area contributed by atoms with Crippen LogP contribution in [0.5, 0.6) is 5.75 Å². The van der Waals surface area contributed by atoms with Crippen LogP contribution >= 0.6 is 0 Å². The standard InChI is InChI=1S/C19H25N3O2/c1-3-7-16-18(20-19(23)13-8-4-5-9-13)17(22-21-16)14-10-6-11-15(12-14)24-2/h6,10-13H,3-5,7-9H2,1-2H3,(H,20,23)(H,21,22). The largest absolute Gasteiger partial charge is 0.497 e. The molecular formula is C19H25N3O2. The van der Waals surface area contributed by atoms with Crippen LogP contribution in [0.3, 0.4) is 0 Å². The van der Waals surface area contributed by atoms with Crippen molar-refractivity contribution in [1.82, 2.24) is 10.2 Å². The Hall–Kier alpha value is -2.30. The zero-order valence-electron chi connectivity index (χ0n) is 14.4. The van der Waals surface area contributed by atoms with Gasteiger partial charge < -0.3 is 10.1 Å². The number of rotatable bonds is 6. The van der Waals surface area contributed by atoms with Gasteiger partial charge in [0.2, 0.25) is 5.91 Å². The molecule has 2 N–H and O–H groups in total. The van der Waals surface area contributed by atoms with E-state index in [1.807, 2.05) is 24.3 Å². The van der Waals surface area contributed by atoms with E-state index in [9.17, 15) is 4.79 Å². The predicted molar refractivity (Wildman–Crippen MR) is 95.2 cm³/mol. The number of amides is 1. The van der Waals surface area contributed by atoms with Gasteiger partial charge in [0.15, 0.2) is 0 Å². The Balaban J connectivity index is 1.92.